The van der Waals surface area contributed by atoms with Crippen molar-refractivity contribution >= 4 is 40.7 Å². The van der Waals surface area contributed by atoms with Crippen molar-refractivity contribution in [3.63, 3.8) is 0 Å². The van der Waals surface area contributed by atoms with E-state index in [4.69, 9.17) is 13.6 Å². The van der Waals surface area contributed by atoms with Crippen molar-refractivity contribution in [2.24, 2.45) is 0 Å². The Balaban J connectivity index is 1.29. The summed E-state index contributed by atoms with van der Waals surface area (Å²) in [5, 5.41) is 12.0. The molecule has 0 radical (unpaired) electrons. The first-order valence-corrected chi connectivity index (χ1v) is 10.7. The van der Waals surface area contributed by atoms with E-state index in [0.29, 0.717) is 29.1 Å². The van der Waals surface area contributed by atoms with Crippen molar-refractivity contribution in [2.75, 3.05) is 5.32 Å². The summed E-state index contributed by atoms with van der Waals surface area (Å²) in [6.07, 6.45) is 0.307. The number of carbonyl (C=O) groups excluding carboxylic acids is 1. The lowest BCUT2D eigenvalue weighted by molar-refractivity contribution is -0.140. The quantitative estimate of drug-likeness (QED) is 0.421. The van der Waals surface area contributed by atoms with Gasteiger partial charge in [-0.05, 0) is 48.7 Å². The van der Waals surface area contributed by atoms with E-state index in [-0.39, 0.29) is 29.8 Å². The highest BCUT2D eigenvalue weighted by molar-refractivity contribution is 7.07. The van der Waals surface area contributed by atoms with E-state index in [1.165, 1.54) is 0 Å². The summed E-state index contributed by atoms with van der Waals surface area (Å²) >= 11 is 1.11. The zero-order chi connectivity index (χ0) is 23.0. The van der Waals surface area contributed by atoms with E-state index in [2.05, 4.69) is 31.5 Å². The molecular formula is C22H16N4O6S. The first-order valence-electron chi connectivity index (χ1n) is 9.92. The molecule has 1 saturated carbocycles. The second-order valence-electron chi connectivity index (χ2n) is 7.45. The Labute approximate surface area is 190 Å². The van der Waals surface area contributed by atoms with Crippen LogP contribution in [0.1, 0.15) is 40.8 Å². The zero-order valence-corrected chi connectivity index (χ0v) is 18.1. The highest BCUT2D eigenvalue weighted by Crippen LogP contribution is 2.48. The third-order valence-corrected chi connectivity index (χ3v) is 5.98. The number of anilines is 1. The molecule has 0 unspecified atom stereocenters. The summed E-state index contributed by atoms with van der Waals surface area (Å²) in [7, 11) is 0. The van der Waals surface area contributed by atoms with Gasteiger partial charge in [0.05, 0.1) is 11.4 Å². The molecule has 166 valence electrons. The Morgan fingerprint density at radius 3 is 2.70 bits per heavy atom. The molecule has 0 spiro atoms. The normalized spacial score (nSPS) is 13.8. The van der Waals surface area contributed by atoms with Crippen molar-refractivity contribution in [1.29, 1.82) is 0 Å². The second-order valence-corrected chi connectivity index (χ2v) is 8.22. The number of carboxylic acids is 1. The molecule has 0 atom stereocenters. The predicted molar refractivity (Wildman–Crippen MR) is 116 cm³/mol. The lowest BCUT2D eigenvalue weighted by Gasteiger charge is -2.06. The molecule has 1 amide bonds. The number of hydrogen-bond acceptors (Lipinski definition) is 9. The molecule has 0 saturated heterocycles. The molecule has 0 aliphatic heterocycles. The Morgan fingerprint density at radius 2 is 2.00 bits per heavy atom. The summed E-state index contributed by atoms with van der Waals surface area (Å²) in [6.45, 7) is 1.88. The maximum Gasteiger partial charge on any atom is 0.412 e. The number of carbonyl (C=O) groups is 2. The molecule has 1 aliphatic carbocycles. The Kier molecular flexibility index (Phi) is 5.07. The van der Waals surface area contributed by atoms with Gasteiger partial charge in [-0.2, -0.15) is 14.3 Å². The largest absolute Gasteiger partial charge is 0.480 e. The minimum atomic E-state index is -1.08. The SMILES string of the molecule is Cc1nsc(C#Cc2nc3nc(C4(C(=O)O)CC4)oc3o2)c1NC(=O)OCc1ccccc1. The maximum absolute atomic E-state index is 12.2. The van der Waals surface area contributed by atoms with Crippen LogP contribution >= 0.6 is 11.5 Å². The standard InChI is InChI=1S/C22H16N4O6S/c1-12-16(24-21(29)30-11-13-5-3-2-4-6-13)14(33-26-12)7-8-15-23-17-18(31-15)32-19(25-17)22(9-10-22)20(27)28/h2-6H,9-11H2,1H3,(H,24,29)(H,27,28). The van der Waals surface area contributed by atoms with Crippen molar-refractivity contribution in [3.05, 3.63) is 58.2 Å². The van der Waals surface area contributed by atoms with Gasteiger partial charge in [-0.1, -0.05) is 30.3 Å². The fraction of sp³-hybridized carbons (Fsp3) is 0.227. The average Bonchev–Trinajstić information content (AvgIpc) is 3.24. The fourth-order valence-corrected chi connectivity index (χ4v) is 3.82. The summed E-state index contributed by atoms with van der Waals surface area (Å²) in [5.74, 6) is 4.80. The van der Waals surface area contributed by atoms with E-state index in [0.717, 1.165) is 17.1 Å². The van der Waals surface area contributed by atoms with E-state index in [9.17, 15) is 14.7 Å². The van der Waals surface area contributed by atoms with Crippen LogP contribution in [-0.2, 0) is 21.6 Å². The van der Waals surface area contributed by atoms with Gasteiger partial charge in [-0.25, -0.2) is 4.79 Å². The van der Waals surface area contributed by atoms with Gasteiger partial charge >= 0.3 is 17.8 Å². The van der Waals surface area contributed by atoms with Gasteiger partial charge in [-0.15, -0.1) is 0 Å². The number of nitrogens with one attached hydrogen (secondary N) is 1. The Morgan fingerprint density at radius 1 is 1.21 bits per heavy atom. The van der Waals surface area contributed by atoms with Crippen LogP contribution in [-0.4, -0.2) is 31.5 Å². The second kappa shape index (κ2) is 8.07. The lowest BCUT2D eigenvalue weighted by atomic mass is 10.1. The smallest absolute Gasteiger partial charge is 0.412 e. The number of benzene rings is 1. The first-order chi connectivity index (χ1) is 15.9. The molecule has 4 aromatic rings. The van der Waals surface area contributed by atoms with E-state index in [1.54, 1.807) is 6.92 Å². The van der Waals surface area contributed by atoms with E-state index in [1.807, 2.05) is 30.3 Å². The van der Waals surface area contributed by atoms with Crippen molar-refractivity contribution in [3.8, 4) is 11.8 Å². The number of nitrogens with zero attached hydrogens (tertiary/aromatic N) is 3. The van der Waals surface area contributed by atoms with Crippen molar-refractivity contribution in [1.82, 2.24) is 14.3 Å². The van der Waals surface area contributed by atoms with Gasteiger partial charge in [-0.3, -0.25) is 10.1 Å². The summed E-state index contributed by atoms with van der Waals surface area (Å²) in [5.41, 5.74) is 0.986. The number of oxazole rings is 2. The maximum atomic E-state index is 12.2. The highest BCUT2D eigenvalue weighted by Gasteiger charge is 2.56. The minimum absolute atomic E-state index is 0.0187. The molecule has 0 bridgehead atoms. The van der Waals surface area contributed by atoms with Gasteiger partial charge < -0.3 is 18.7 Å². The third-order valence-electron chi connectivity index (χ3n) is 5.13. The number of hydrogen-bond donors (Lipinski definition) is 2. The number of aromatic nitrogens is 3. The monoisotopic (exact) mass is 464 g/mol. The number of aliphatic carboxylic acids is 1. The van der Waals surface area contributed by atoms with Crippen LogP contribution in [0.25, 0.3) is 11.4 Å². The first kappa shape index (κ1) is 20.7. The number of fused-ring (bicyclic) bond motifs is 1. The number of carboxylic acid groups (broad SMARTS) is 1. The summed E-state index contributed by atoms with van der Waals surface area (Å²) < 4.78 is 20.4. The summed E-state index contributed by atoms with van der Waals surface area (Å²) in [4.78, 5) is 32.4. The fourth-order valence-electron chi connectivity index (χ4n) is 3.12. The number of rotatable bonds is 5. The number of amides is 1. The van der Waals surface area contributed by atoms with Gasteiger partial charge in [0.2, 0.25) is 11.5 Å². The van der Waals surface area contributed by atoms with Gasteiger partial charge in [0, 0.05) is 0 Å². The van der Waals surface area contributed by atoms with Crippen LogP contribution in [0.4, 0.5) is 10.5 Å². The molecule has 3 heterocycles. The van der Waals surface area contributed by atoms with Crippen LogP contribution in [0.2, 0.25) is 0 Å². The van der Waals surface area contributed by atoms with Gasteiger partial charge in [0.25, 0.3) is 5.89 Å². The molecule has 1 fully saturated rings. The number of aryl methyl sites for hydroxylation is 1. The molecule has 2 N–H and O–H groups in total. The lowest BCUT2D eigenvalue weighted by Crippen LogP contribution is -2.19. The van der Waals surface area contributed by atoms with Crippen LogP contribution < -0.4 is 5.32 Å². The van der Waals surface area contributed by atoms with Crippen LogP contribution in [0.5, 0.6) is 0 Å². The Hall–Kier alpha value is -4.17. The van der Waals surface area contributed by atoms with Gasteiger partial charge in [0.1, 0.15) is 16.9 Å². The van der Waals surface area contributed by atoms with E-state index >= 15 is 0 Å². The minimum Gasteiger partial charge on any atom is -0.480 e. The molecule has 1 aromatic carbocycles. The molecule has 33 heavy (non-hydrogen) atoms. The van der Waals surface area contributed by atoms with Crippen LogP contribution in [0, 0.1) is 18.8 Å². The van der Waals surface area contributed by atoms with Crippen molar-refractivity contribution < 1.29 is 28.3 Å². The zero-order valence-electron chi connectivity index (χ0n) is 17.2. The molecule has 1 aliphatic rings. The van der Waals surface area contributed by atoms with Crippen LogP contribution in [0.3, 0.4) is 0 Å². The van der Waals surface area contributed by atoms with Crippen LogP contribution in [0.15, 0.2) is 39.2 Å². The number of ether oxygens (including phenoxy) is 1. The van der Waals surface area contributed by atoms with Crippen molar-refractivity contribution in [2.45, 2.75) is 31.8 Å². The molecule has 5 rings (SSSR count). The average molecular weight is 464 g/mol. The topological polar surface area (TPSA) is 141 Å². The highest BCUT2D eigenvalue weighted by atomic mass is 32.1. The summed E-state index contributed by atoms with van der Waals surface area (Å²) in [6, 6.07) is 9.33. The molecule has 10 nitrogen and oxygen atoms in total. The molecular weight excluding hydrogens is 448 g/mol. The molecule has 3 aromatic heterocycles. The van der Waals surface area contributed by atoms with E-state index < -0.39 is 17.5 Å². The predicted octanol–water partition coefficient (Wildman–Crippen LogP) is 3.85. The van der Waals surface area contributed by atoms with Gasteiger partial charge in [0.15, 0.2) is 0 Å². The third kappa shape index (κ3) is 4.04. The Bertz CT molecular complexity index is 1390. The molecule has 11 heteroatoms.